The van der Waals surface area contributed by atoms with E-state index in [2.05, 4.69) is 20.6 Å². The van der Waals surface area contributed by atoms with Gasteiger partial charge in [0, 0.05) is 45.7 Å². The Labute approximate surface area is 128 Å². The number of carbonyl (C=O) groups is 1. The first kappa shape index (κ1) is 16.4. The summed E-state index contributed by atoms with van der Waals surface area (Å²) in [7, 11) is 0. The van der Waals surface area contributed by atoms with Crippen LogP contribution in [0, 0.1) is 10.1 Å². The Morgan fingerprint density at radius 3 is 2.86 bits per heavy atom. The van der Waals surface area contributed by atoms with E-state index in [9.17, 15) is 14.9 Å². The third kappa shape index (κ3) is 5.41. The molecule has 1 fully saturated rings. The van der Waals surface area contributed by atoms with Gasteiger partial charge in [0.15, 0.2) is 0 Å². The van der Waals surface area contributed by atoms with Gasteiger partial charge >= 0.3 is 5.69 Å². The highest BCUT2D eigenvalue weighted by Crippen LogP contribution is 2.07. The molecule has 2 heterocycles. The molecule has 1 aliphatic heterocycles. The highest BCUT2D eigenvalue weighted by molar-refractivity contribution is 5.75. The van der Waals surface area contributed by atoms with Crippen molar-refractivity contribution < 1.29 is 9.72 Å². The number of aromatic nitrogens is 2. The van der Waals surface area contributed by atoms with Crippen molar-refractivity contribution in [3.63, 3.8) is 0 Å². The minimum Gasteiger partial charge on any atom is -0.356 e. The fourth-order valence-corrected chi connectivity index (χ4v) is 2.34. The summed E-state index contributed by atoms with van der Waals surface area (Å²) in [5, 5.41) is 20.5. The number of rotatable bonds is 8. The van der Waals surface area contributed by atoms with Gasteiger partial charge in [0.1, 0.15) is 12.4 Å². The predicted molar refractivity (Wildman–Crippen MR) is 80.4 cm³/mol. The third-order valence-corrected chi connectivity index (χ3v) is 3.58. The molecule has 2 N–H and O–H groups in total. The average molecular weight is 310 g/mol. The minimum atomic E-state index is -0.500. The van der Waals surface area contributed by atoms with E-state index < -0.39 is 4.92 Å². The molecule has 122 valence electrons. The van der Waals surface area contributed by atoms with Crippen LogP contribution in [0.3, 0.4) is 0 Å². The second-order valence-corrected chi connectivity index (χ2v) is 5.26. The van der Waals surface area contributed by atoms with Crippen LogP contribution in [-0.4, -0.2) is 64.8 Å². The molecule has 9 nitrogen and oxygen atoms in total. The topological polar surface area (TPSA) is 105 Å². The number of nitrogens with one attached hydrogen (secondary N) is 2. The standard InChI is InChI=1S/C13H22N6O3/c20-13(2-7-18-11-12(10-16-18)19(21)22)15-3-1-6-17-8-4-14-5-9-17/h10-11,14H,1-9H2,(H,15,20). The van der Waals surface area contributed by atoms with Crippen molar-refractivity contribution in [2.45, 2.75) is 19.4 Å². The second-order valence-electron chi connectivity index (χ2n) is 5.26. The van der Waals surface area contributed by atoms with Gasteiger partial charge in [-0.25, -0.2) is 0 Å². The molecule has 22 heavy (non-hydrogen) atoms. The van der Waals surface area contributed by atoms with Gasteiger partial charge in [-0.05, 0) is 13.0 Å². The molecule has 9 heteroatoms. The van der Waals surface area contributed by atoms with Crippen LogP contribution in [0.5, 0.6) is 0 Å². The van der Waals surface area contributed by atoms with E-state index in [0.717, 1.165) is 39.1 Å². The van der Waals surface area contributed by atoms with Crippen molar-refractivity contribution in [1.82, 2.24) is 25.3 Å². The van der Waals surface area contributed by atoms with Crippen LogP contribution in [0.4, 0.5) is 5.69 Å². The van der Waals surface area contributed by atoms with Crippen molar-refractivity contribution in [1.29, 1.82) is 0 Å². The number of hydrogen-bond donors (Lipinski definition) is 2. The molecule has 0 spiro atoms. The summed E-state index contributed by atoms with van der Waals surface area (Å²) >= 11 is 0. The Kier molecular flexibility index (Phi) is 6.28. The Morgan fingerprint density at radius 2 is 2.18 bits per heavy atom. The first-order valence-corrected chi connectivity index (χ1v) is 7.52. The van der Waals surface area contributed by atoms with Gasteiger partial charge < -0.3 is 15.5 Å². The zero-order valence-corrected chi connectivity index (χ0v) is 12.5. The highest BCUT2D eigenvalue weighted by Gasteiger charge is 2.10. The molecule has 0 unspecified atom stereocenters. The molecule has 1 aliphatic rings. The van der Waals surface area contributed by atoms with Gasteiger partial charge in [-0.15, -0.1) is 0 Å². The molecule has 0 atom stereocenters. The van der Waals surface area contributed by atoms with E-state index >= 15 is 0 Å². The molecule has 1 aromatic rings. The summed E-state index contributed by atoms with van der Waals surface area (Å²) in [4.78, 5) is 24.1. The van der Waals surface area contributed by atoms with E-state index in [0.29, 0.717) is 13.1 Å². The average Bonchev–Trinajstić information content (AvgIpc) is 3.00. The lowest BCUT2D eigenvalue weighted by molar-refractivity contribution is -0.385. The Bertz CT molecular complexity index is 498. The smallest absolute Gasteiger partial charge is 0.306 e. The summed E-state index contributed by atoms with van der Waals surface area (Å²) in [5.41, 5.74) is -0.0589. The molecular weight excluding hydrogens is 288 g/mol. The van der Waals surface area contributed by atoms with Crippen LogP contribution in [0.1, 0.15) is 12.8 Å². The number of nitrogens with zero attached hydrogens (tertiary/aromatic N) is 4. The number of carbonyl (C=O) groups excluding carboxylic acids is 1. The van der Waals surface area contributed by atoms with Crippen LogP contribution in [0.2, 0.25) is 0 Å². The fraction of sp³-hybridized carbons (Fsp3) is 0.692. The van der Waals surface area contributed by atoms with E-state index in [1.165, 1.54) is 17.1 Å². The third-order valence-electron chi connectivity index (χ3n) is 3.58. The molecule has 1 aromatic heterocycles. The summed E-state index contributed by atoms with van der Waals surface area (Å²) in [6.07, 6.45) is 3.72. The number of amides is 1. The maximum absolute atomic E-state index is 11.7. The van der Waals surface area contributed by atoms with Gasteiger partial charge in [-0.3, -0.25) is 19.6 Å². The molecule has 0 bridgehead atoms. The molecule has 0 aromatic carbocycles. The molecular formula is C13H22N6O3. The van der Waals surface area contributed by atoms with Gasteiger partial charge in [-0.1, -0.05) is 0 Å². The molecule has 1 amide bonds. The highest BCUT2D eigenvalue weighted by atomic mass is 16.6. The maximum Gasteiger partial charge on any atom is 0.306 e. The van der Waals surface area contributed by atoms with Crippen molar-refractivity contribution in [2.24, 2.45) is 0 Å². The lowest BCUT2D eigenvalue weighted by Crippen LogP contribution is -2.44. The summed E-state index contributed by atoms with van der Waals surface area (Å²) in [6, 6.07) is 0. The van der Waals surface area contributed by atoms with E-state index in [1.54, 1.807) is 0 Å². The normalized spacial score (nSPS) is 15.6. The molecule has 0 radical (unpaired) electrons. The second kappa shape index (κ2) is 8.44. The summed E-state index contributed by atoms with van der Waals surface area (Å²) in [5.74, 6) is -0.0570. The molecule has 0 aliphatic carbocycles. The van der Waals surface area contributed by atoms with Gasteiger partial charge in [0.2, 0.25) is 5.91 Å². The number of nitro groups is 1. The Hall–Kier alpha value is -2.00. The van der Waals surface area contributed by atoms with E-state index in [-0.39, 0.29) is 18.0 Å². The molecule has 2 rings (SSSR count). The van der Waals surface area contributed by atoms with Crippen molar-refractivity contribution in [3.05, 3.63) is 22.5 Å². The quantitative estimate of drug-likeness (QED) is 0.384. The Morgan fingerprint density at radius 1 is 1.41 bits per heavy atom. The Balaban J connectivity index is 1.56. The van der Waals surface area contributed by atoms with Gasteiger partial charge in [0.25, 0.3) is 0 Å². The van der Waals surface area contributed by atoms with Crippen LogP contribution in [0.25, 0.3) is 0 Å². The lowest BCUT2D eigenvalue weighted by atomic mass is 10.3. The summed E-state index contributed by atoms with van der Waals surface area (Å²) < 4.78 is 1.42. The maximum atomic E-state index is 11.7. The fourth-order valence-electron chi connectivity index (χ4n) is 2.34. The largest absolute Gasteiger partial charge is 0.356 e. The van der Waals surface area contributed by atoms with Crippen molar-refractivity contribution in [3.8, 4) is 0 Å². The predicted octanol–water partition coefficient (Wildman–Crippen LogP) is -0.407. The molecule has 1 saturated heterocycles. The summed E-state index contributed by atoms with van der Waals surface area (Å²) in [6.45, 7) is 6.18. The minimum absolute atomic E-state index is 0.0570. The van der Waals surface area contributed by atoms with Crippen LogP contribution >= 0.6 is 0 Å². The van der Waals surface area contributed by atoms with Crippen LogP contribution < -0.4 is 10.6 Å². The van der Waals surface area contributed by atoms with E-state index in [1.807, 2.05) is 0 Å². The monoisotopic (exact) mass is 310 g/mol. The first-order valence-electron chi connectivity index (χ1n) is 7.52. The lowest BCUT2D eigenvalue weighted by Gasteiger charge is -2.27. The number of hydrogen-bond acceptors (Lipinski definition) is 6. The zero-order chi connectivity index (χ0) is 15.8. The first-order chi connectivity index (χ1) is 10.6. The van der Waals surface area contributed by atoms with Crippen LogP contribution in [0.15, 0.2) is 12.4 Å². The SMILES string of the molecule is O=C(CCn1cc([N+](=O)[O-])cn1)NCCCN1CCNCC1. The number of aryl methyl sites for hydroxylation is 1. The van der Waals surface area contributed by atoms with Crippen molar-refractivity contribution in [2.75, 3.05) is 39.3 Å². The molecule has 0 saturated carbocycles. The van der Waals surface area contributed by atoms with E-state index in [4.69, 9.17) is 0 Å². The van der Waals surface area contributed by atoms with Crippen LogP contribution in [-0.2, 0) is 11.3 Å². The van der Waals surface area contributed by atoms with Crippen molar-refractivity contribution >= 4 is 11.6 Å². The zero-order valence-electron chi connectivity index (χ0n) is 12.5. The van der Waals surface area contributed by atoms with Gasteiger partial charge in [0.05, 0.1) is 4.92 Å². The number of piperazine rings is 1. The van der Waals surface area contributed by atoms with Gasteiger partial charge in [-0.2, -0.15) is 5.10 Å².